The fourth-order valence-electron chi connectivity index (χ4n) is 1.65. The second-order valence-electron chi connectivity index (χ2n) is 3.82. The van der Waals surface area contributed by atoms with E-state index in [1.54, 1.807) is 6.33 Å². The van der Waals surface area contributed by atoms with Crippen LogP contribution in [0, 0.1) is 6.92 Å². The number of hydrogen-bond donors (Lipinski definition) is 3. The molecule has 4 N–H and O–H groups in total. The number of anilines is 2. The second-order valence-corrected chi connectivity index (χ2v) is 3.82. The smallest absolute Gasteiger partial charge is 0.224 e. The molecule has 0 atom stereocenters. The predicted molar refractivity (Wildman–Crippen MR) is 64.7 cm³/mol. The summed E-state index contributed by atoms with van der Waals surface area (Å²) in [6.07, 6.45) is 1.54. The minimum absolute atomic E-state index is 0.172. The van der Waals surface area contributed by atoms with Gasteiger partial charge in [0.15, 0.2) is 17.2 Å². The van der Waals surface area contributed by atoms with Gasteiger partial charge >= 0.3 is 0 Å². The Labute approximate surface area is 102 Å². The van der Waals surface area contributed by atoms with Gasteiger partial charge in [0.25, 0.3) is 0 Å². The Morgan fingerprint density at radius 1 is 1.44 bits per heavy atom. The zero-order chi connectivity index (χ0) is 12.5. The Morgan fingerprint density at radius 3 is 3.11 bits per heavy atom. The Morgan fingerprint density at radius 2 is 2.33 bits per heavy atom. The fraction of sp³-hybridized carbons (Fsp3) is 0.200. The molecular weight excluding hydrogens is 234 g/mol. The van der Waals surface area contributed by atoms with E-state index in [0.717, 1.165) is 11.5 Å². The van der Waals surface area contributed by atoms with E-state index in [2.05, 4.69) is 30.4 Å². The molecule has 3 aromatic rings. The van der Waals surface area contributed by atoms with Crippen LogP contribution in [0.2, 0.25) is 0 Å². The molecule has 0 saturated carbocycles. The Bertz CT molecular complexity index is 686. The van der Waals surface area contributed by atoms with Gasteiger partial charge in [-0.2, -0.15) is 9.97 Å². The van der Waals surface area contributed by atoms with Crippen molar-refractivity contribution in [3.63, 3.8) is 0 Å². The lowest BCUT2D eigenvalue weighted by Gasteiger charge is -2.04. The van der Waals surface area contributed by atoms with Crippen LogP contribution < -0.4 is 11.1 Å². The first kappa shape index (κ1) is 10.5. The van der Waals surface area contributed by atoms with E-state index in [1.165, 1.54) is 0 Å². The van der Waals surface area contributed by atoms with E-state index in [1.807, 2.05) is 13.0 Å². The molecule has 0 spiro atoms. The summed E-state index contributed by atoms with van der Waals surface area (Å²) in [5.74, 6) is 1.48. The van der Waals surface area contributed by atoms with E-state index in [-0.39, 0.29) is 5.95 Å². The summed E-state index contributed by atoms with van der Waals surface area (Å²) in [6.45, 7) is 2.33. The highest BCUT2D eigenvalue weighted by atomic mass is 16.5. The topological polar surface area (TPSA) is 119 Å². The summed E-state index contributed by atoms with van der Waals surface area (Å²) in [7, 11) is 0. The number of aryl methyl sites for hydroxylation is 1. The first-order chi connectivity index (χ1) is 8.72. The van der Waals surface area contributed by atoms with E-state index in [4.69, 9.17) is 10.3 Å². The van der Waals surface area contributed by atoms with Crippen LogP contribution in [0.5, 0.6) is 0 Å². The third-order valence-electron chi connectivity index (χ3n) is 2.41. The first-order valence-corrected chi connectivity index (χ1v) is 5.35. The van der Waals surface area contributed by atoms with Crippen molar-refractivity contribution in [1.29, 1.82) is 0 Å². The van der Waals surface area contributed by atoms with Gasteiger partial charge < -0.3 is 20.6 Å². The molecule has 8 nitrogen and oxygen atoms in total. The van der Waals surface area contributed by atoms with Gasteiger partial charge in [-0.1, -0.05) is 5.16 Å². The summed E-state index contributed by atoms with van der Waals surface area (Å²) in [4.78, 5) is 15.1. The van der Waals surface area contributed by atoms with Gasteiger partial charge in [-0.15, -0.1) is 0 Å². The number of nitrogens with zero attached hydrogens (tertiary/aromatic N) is 4. The predicted octanol–water partition coefficient (Wildman–Crippen LogP) is 0.844. The minimum atomic E-state index is 0.172. The van der Waals surface area contributed by atoms with E-state index in [0.29, 0.717) is 23.5 Å². The number of fused-ring (bicyclic) bond motifs is 1. The lowest BCUT2D eigenvalue weighted by atomic mass is 10.4. The molecule has 0 radical (unpaired) electrons. The molecule has 0 bridgehead atoms. The van der Waals surface area contributed by atoms with Crippen molar-refractivity contribution in [2.45, 2.75) is 13.5 Å². The SMILES string of the molecule is Cc1cc(CNc2nc(N)nc3nc[nH]c23)on1. The van der Waals surface area contributed by atoms with Crippen LogP contribution in [0.4, 0.5) is 11.8 Å². The van der Waals surface area contributed by atoms with Crippen LogP contribution in [0.25, 0.3) is 11.2 Å². The highest BCUT2D eigenvalue weighted by Crippen LogP contribution is 2.18. The number of rotatable bonds is 3. The van der Waals surface area contributed by atoms with Gasteiger partial charge in [0.2, 0.25) is 5.95 Å². The van der Waals surface area contributed by atoms with E-state index < -0.39 is 0 Å². The molecule has 0 aromatic carbocycles. The van der Waals surface area contributed by atoms with E-state index >= 15 is 0 Å². The highest BCUT2D eigenvalue weighted by molar-refractivity contribution is 5.83. The third-order valence-corrected chi connectivity index (χ3v) is 2.41. The molecule has 0 saturated heterocycles. The van der Waals surface area contributed by atoms with Crippen LogP contribution in [0.15, 0.2) is 16.9 Å². The van der Waals surface area contributed by atoms with Crippen molar-refractivity contribution < 1.29 is 4.52 Å². The summed E-state index contributed by atoms with van der Waals surface area (Å²) in [6, 6.07) is 1.85. The molecule has 3 aromatic heterocycles. The average molecular weight is 245 g/mol. The van der Waals surface area contributed by atoms with Crippen LogP contribution in [-0.2, 0) is 6.54 Å². The quantitative estimate of drug-likeness (QED) is 0.625. The lowest BCUT2D eigenvalue weighted by molar-refractivity contribution is 0.384. The van der Waals surface area contributed by atoms with Gasteiger partial charge in [-0.05, 0) is 6.92 Å². The molecular formula is C10H11N7O. The van der Waals surface area contributed by atoms with Crippen molar-refractivity contribution in [3.05, 3.63) is 23.8 Å². The number of nitrogens with two attached hydrogens (primary N) is 1. The summed E-state index contributed by atoms with van der Waals surface area (Å²) < 4.78 is 5.10. The molecule has 18 heavy (non-hydrogen) atoms. The number of imidazole rings is 1. The van der Waals surface area contributed by atoms with Gasteiger partial charge in [0.1, 0.15) is 5.52 Å². The average Bonchev–Trinajstić information content (AvgIpc) is 2.94. The van der Waals surface area contributed by atoms with Gasteiger partial charge in [0, 0.05) is 6.07 Å². The fourth-order valence-corrected chi connectivity index (χ4v) is 1.65. The molecule has 3 rings (SSSR count). The van der Waals surface area contributed by atoms with Crippen molar-refractivity contribution >= 4 is 22.9 Å². The maximum Gasteiger partial charge on any atom is 0.224 e. The van der Waals surface area contributed by atoms with Crippen molar-refractivity contribution in [3.8, 4) is 0 Å². The molecule has 0 amide bonds. The monoisotopic (exact) mass is 245 g/mol. The third kappa shape index (κ3) is 1.83. The molecule has 0 fully saturated rings. The largest absolute Gasteiger partial charge is 0.368 e. The second kappa shape index (κ2) is 3.99. The summed E-state index contributed by atoms with van der Waals surface area (Å²) in [5, 5.41) is 6.91. The maximum absolute atomic E-state index is 5.61. The van der Waals surface area contributed by atoms with Crippen LogP contribution in [0.1, 0.15) is 11.5 Å². The van der Waals surface area contributed by atoms with Crippen molar-refractivity contribution in [2.75, 3.05) is 11.1 Å². The highest BCUT2D eigenvalue weighted by Gasteiger charge is 2.09. The Hall–Kier alpha value is -2.64. The number of nitrogen functional groups attached to an aromatic ring is 1. The zero-order valence-electron chi connectivity index (χ0n) is 9.64. The molecule has 0 unspecified atom stereocenters. The maximum atomic E-state index is 5.61. The lowest BCUT2D eigenvalue weighted by Crippen LogP contribution is -2.04. The minimum Gasteiger partial charge on any atom is -0.368 e. The number of H-pyrrole nitrogens is 1. The standard InChI is InChI=1S/C10H11N7O/c1-5-2-6(18-17-5)3-12-8-7-9(14-4-13-7)16-10(11)15-8/h2,4H,3H2,1H3,(H4,11,12,13,14,15,16). The van der Waals surface area contributed by atoms with Crippen molar-refractivity contribution in [1.82, 2.24) is 25.1 Å². The molecule has 92 valence electrons. The van der Waals surface area contributed by atoms with Crippen LogP contribution in [0.3, 0.4) is 0 Å². The number of aromatic amines is 1. The normalized spacial score (nSPS) is 10.9. The van der Waals surface area contributed by atoms with E-state index in [9.17, 15) is 0 Å². The number of nitrogens with one attached hydrogen (secondary N) is 2. The van der Waals surface area contributed by atoms with Crippen molar-refractivity contribution in [2.24, 2.45) is 0 Å². The molecule has 8 heteroatoms. The van der Waals surface area contributed by atoms with Crippen LogP contribution >= 0.6 is 0 Å². The Balaban J connectivity index is 1.87. The molecule has 3 heterocycles. The number of hydrogen-bond acceptors (Lipinski definition) is 7. The molecule has 0 aliphatic carbocycles. The summed E-state index contributed by atoms with van der Waals surface area (Å²) in [5.41, 5.74) is 7.67. The van der Waals surface area contributed by atoms with Crippen LogP contribution in [-0.4, -0.2) is 25.1 Å². The molecule has 0 aliphatic rings. The number of aromatic nitrogens is 5. The van der Waals surface area contributed by atoms with Gasteiger partial charge in [-0.25, -0.2) is 4.98 Å². The first-order valence-electron chi connectivity index (χ1n) is 5.35. The Kier molecular flexibility index (Phi) is 2.33. The van der Waals surface area contributed by atoms with Gasteiger partial charge in [0.05, 0.1) is 18.6 Å². The summed E-state index contributed by atoms with van der Waals surface area (Å²) >= 11 is 0. The molecule has 0 aliphatic heterocycles. The zero-order valence-corrected chi connectivity index (χ0v) is 9.64. The van der Waals surface area contributed by atoms with Gasteiger partial charge in [-0.3, -0.25) is 0 Å².